The molecule has 0 spiro atoms. The van der Waals surface area contributed by atoms with E-state index >= 15 is 0 Å². The highest BCUT2D eigenvalue weighted by molar-refractivity contribution is 7.45. The molecule has 10 heavy (non-hydrogen) atoms. The molecule has 0 saturated heterocycles. The maximum atomic E-state index is 8.42. The summed E-state index contributed by atoms with van der Waals surface area (Å²) in [4.78, 5) is 33.7. The van der Waals surface area contributed by atoms with Crippen molar-refractivity contribution in [3.63, 3.8) is 0 Å². The highest BCUT2D eigenvalue weighted by atomic mass is 31.2. The standard InChI is InChI=1S/C4H12O4P2/c5-9(6)3-1-2-4-10(7)8/h5-8H,1-4H2. The molecule has 0 aromatic heterocycles. The van der Waals surface area contributed by atoms with Crippen LogP contribution in [0.1, 0.15) is 12.8 Å². The van der Waals surface area contributed by atoms with E-state index in [4.69, 9.17) is 19.6 Å². The van der Waals surface area contributed by atoms with Gasteiger partial charge in [-0.1, -0.05) is 0 Å². The number of hydrogen-bond acceptors (Lipinski definition) is 4. The Morgan fingerprint density at radius 2 is 1.00 bits per heavy atom. The first kappa shape index (κ1) is 10.7. The lowest BCUT2D eigenvalue weighted by Crippen LogP contribution is -1.87. The first-order valence-corrected chi connectivity index (χ1v) is 5.80. The van der Waals surface area contributed by atoms with Gasteiger partial charge in [-0.2, -0.15) is 0 Å². The summed E-state index contributed by atoms with van der Waals surface area (Å²) >= 11 is 0. The molecule has 0 aromatic rings. The molecule has 4 N–H and O–H groups in total. The van der Waals surface area contributed by atoms with Crippen molar-refractivity contribution in [1.29, 1.82) is 0 Å². The molecule has 0 unspecified atom stereocenters. The normalized spacial score (nSPS) is 11.4. The van der Waals surface area contributed by atoms with E-state index in [2.05, 4.69) is 0 Å². The second kappa shape index (κ2) is 6.41. The Balaban J connectivity index is 2.91. The van der Waals surface area contributed by atoms with Gasteiger partial charge in [0.05, 0.1) is 0 Å². The molecule has 0 heterocycles. The zero-order valence-electron chi connectivity index (χ0n) is 5.51. The average molecular weight is 186 g/mol. The van der Waals surface area contributed by atoms with Crippen molar-refractivity contribution in [3.8, 4) is 0 Å². The van der Waals surface area contributed by atoms with Gasteiger partial charge in [0, 0.05) is 12.3 Å². The van der Waals surface area contributed by atoms with Crippen LogP contribution >= 0.6 is 16.8 Å². The Labute approximate surface area is 62.4 Å². The third-order valence-electron chi connectivity index (χ3n) is 0.966. The molecule has 0 atom stereocenters. The van der Waals surface area contributed by atoms with Gasteiger partial charge in [-0.3, -0.25) is 0 Å². The van der Waals surface area contributed by atoms with Crippen LogP contribution in [0.2, 0.25) is 0 Å². The predicted octanol–water partition coefficient (Wildman–Crippen LogP) is 0.360. The third-order valence-corrected chi connectivity index (χ3v) is 2.40. The molecular weight excluding hydrogens is 174 g/mol. The first-order chi connectivity index (χ1) is 4.63. The van der Waals surface area contributed by atoms with Gasteiger partial charge in [-0.05, 0) is 12.8 Å². The van der Waals surface area contributed by atoms with Crippen LogP contribution in [0.5, 0.6) is 0 Å². The van der Waals surface area contributed by atoms with E-state index in [1.807, 2.05) is 0 Å². The van der Waals surface area contributed by atoms with Crippen LogP contribution in [0.3, 0.4) is 0 Å². The van der Waals surface area contributed by atoms with Crippen LogP contribution < -0.4 is 0 Å². The fourth-order valence-electron chi connectivity index (χ4n) is 0.506. The van der Waals surface area contributed by atoms with Crippen LogP contribution in [0.25, 0.3) is 0 Å². The van der Waals surface area contributed by atoms with Crippen molar-refractivity contribution in [2.75, 3.05) is 12.3 Å². The molecule has 0 rings (SSSR count). The minimum atomic E-state index is -1.79. The van der Waals surface area contributed by atoms with Crippen LogP contribution in [-0.2, 0) is 0 Å². The van der Waals surface area contributed by atoms with E-state index in [1.165, 1.54) is 0 Å². The molecule has 0 aliphatic carbocycles. The number of rotatable bonds is 5. The topological polar surface area (TPSA) is 80.9 Å². The minimum absolute atomic E-state index is 0.374. The van der Waals surface area contributed by atoms with Gasteiger partial charge in [-0.25, -0.2) is 0 Å². The molecular formula is C4H12O4P2. The van der Waals surface area contributed by atoms with Crippen LogP contribution in [-0.4, -0.2) is 31.9 Å². The van der Waals surface area contributed by atoms with Crippen LogP contribution in [0.15, 0.2) is 0 Å². The summed E-state index contributed by atoms with van der Waals surface area (Å²) in [6.07, 6.45) is 2.05. The molecule has 0 bridgehead atoms. The molecule has 4 nitrogen and oxygen atoms in total. The van der Waals surface area contributed by atoms with Crippen LogP contribution in [0, 0.1) is 0 Å². The first-order valence-electron chi connectivity index (χ1n) is 2.93. The SMILES string of the molecule is OP(O)CCCCP(O)O. The summed E-state index contributed by atoms with van der Waals surface area (Å²) in [7, 11) is -3.57. The highest BCUT2D eigenvalue weighted by Crippen LogP contribution is 2.28. The zero-order chi connectivity index (χ0) is 7.98. The molecule has 0 fully saturated rings. The predicted molar refractivity (Wildman–Crippen MR) is 41.7 cm³/mol. The molecule has 0 saturated carbocycles. The van der Waals surface area contributed by atoms with Crippen molar-refractivity contribution < 1.29 is 19.6 Å². The number of unbranched alkanes of at least 4 members (excludes halogenated alkanes) is 1. The van der Waals surface area contributed by atoms with E-state index in [1.54, 1.807) is 0 Å². The smallest absolute Gasteiger partial charge is 0.164 e. The highest BCUT2D eigenvalue weighted by Gasteiger charge is 2.00. The van der Waals surface area contributed by atoms with Gasteiger partial charge < -0.3 is 19.6 Å². The summed E-state index contributed by atoms with van der Waals surface area (Å²) in [5.74, 6) is 0. The minimum Gasteiger partial charge on any atom is -0.350 e. The Morgan fingerprint density at radius 1 is 0.700 bits per heavy atom. The fourth-order valence-corrected chi connectivity index (χ4v) is 1.52. The van der Waals surface area contributed by atoms with Crippen molar-refractivity contribution in [3.05, 3.63) is 0 Å². The number of hydrogen-bond donors (Lipinski definition) is 4. The summed E-state index contributed by atoms with van der Waals surface area (Å²) < 4.78 is 0. The van der Waals surface area contributed by atoms with E-state index < -0.39 is 16.8 Å². The molecule has 0 aromatic carbocycles. The summed E-state index contributed by atoms with van der Waals surface area (Å²) in [5, 5.41) is 0. The van der Waals surface area contributed by atoms with Crippen LogP contribution in [0.4, 0.5) is 0 Å². The largest absolute Gasteiger partial charge is 0.350 e. The zero-order valence-corrected chi connectivity index (χ0v) is 7.30. The van der Waals surface area contributed by atoms with Gasteiger partial charge in [0.2, 0.25) is 0 Å². The van der Waals surface area contributed by atoms with E-state index in [0.29, 0.717) is 25.2 Å². The van der Waals surface area contributed by atoms with Gasteiger partial charge in [-0.15, -0.1) is 0 Å². The quantitative estimate of drug-likeness (QED) is 0.369. The Hall–Kier alpha value is 0.700. The fraction of sp³-hybridized carbons (Fsp3) is 1.00. The molecule has 6 heteroatoms. The van der Waals surface area contributed by atoms with Gasteiger partial charge in [0.25, 0.3) is 0 Å². The molecule has 0 amide bonds. The third kappa shape index (κ3) is 8.70. The van der Waals surface area contributed by atoms with Crippen molar-refractivity contribution in [2.45, 2.75) is 12.8 Å². The monoisotopic (exact) mass is 186 g/mol. The summed E-state index contributed by atoms with van der Waals surface area (Å²) in [6.45, 7) is 0. The average Bonchev–Trinajstić information content (AvgIpc) is 1.79. The van der Waals surface area contributed by atoms with E-state index in [0.717, 1.165) is 0 Å². The van der Waals surface area contributed by atoms with E-state index in [9.17, 15) is 0 Å². The lowest BCUT2D eigenvalue weighted by Gasteiger charge is -2.02. The van der Waals surface area contributed by atoms with Crippen molar-refractivity contribution >= 4 is 16.8 Å². The lowest BCUT2D eigenvalue weighted by atomic mass is 10.4. The Morgan fingerprint density at radius 3 is 1.20 bits per heavy atom. The van der Waals surface area contributed by atoms with E-state index in [-0.39, 0.29) is 0 Å². The summed E-state index contributed by atoms with van der Waals surface area (Å²) in [6, 6.07) is 0. The van der Waals surface area contributed by atoms with Gasteiger partial charge in [0.15, 0.2) is 16.8 Å². The van der Waals surface area contributed by atoms with Gasteiger partial charge in [0.1, 0.15) is 0 Å². The maximum Gasteiger partial charge on any atom is 0.164 e. The lowest BCUT2D eigenvalue weighted by molar-refractivity contribution is 0.472. The van der Waals surface area contributed by atoms with Gasteiger partial charge >= 0.3 is 0 Å². The maximum absolute atomic E-state index is 8.42. The Bertz CT molecular complexity index is 67.7. The second-order valence-electron chi connectivity index (χ2n) is 1.90. The summed E-state index contributed by atoms with van der Waals surface area (Å²) in [5.41, 5.74) is 0. The second-order valence-corrected chi connectivity index (χ2v) is 4.28. The Kier molecular flexibility index (Phi) is 6.86. The molecule has 62 valence electrons. The molecule has 0 radical (unpaired) electrons. The van der Waals surface area contributed by atoms with Crippen molar-refractivity contribution in [2.24, 2.45) is 0 Å². The van der Waals surface area contributed by atoms with Crippen molar-refractivity contribution in [1.82, 2.24) is 0 Å². The molecule has 0 aliphatic heterocycles. The molecule has 0 aliphatic rings.